The van der Waals surface area contributed by atoms with Crippen LogP contribution in [0.25, 0.3) is 11.4 Å². The molecule has 0 saturated carbocycles. The van der Waals surface area contributed by atoms with Crippen molar-refractivity contribution in [2.24, 2.45) is 10.3 Å². The number of aromatic nitrogens is 2. The highest BCUT2D eigenvalue weighted by atomic mass is 16.5. The van der Waals surface area contributed by atoms with Gasteiger partial charge in [-0.2, -0.15) is 10.1 Å². The first-order valence-electron chi connectivity index (χ1n) is 10.2. The Labute approximate surface area is 183 Å². The van der Waals surface area contributed by atoms with Crippen LogP contribution in [0.2, 0.25) is 0 Å². The Balaban J connectivity index is 1.33. The first kappa shape index (κ1) is 19.9. The average Bonchev–Trinajstić information content (AvgIpc) is 3.48. The smallest absolute Gasteiger partial charge is 0.263 e. The summed E-state index contributed by atoms with van der Waals surface area (Å²) < 4.78 is 10.8. The maximum absolute atomic E-state index is 13.1. The predicted molar refractivity (Wildman–Crippen MR) is 113 cm³/mol. The zero-order valence-corrected chi connectivity index (χ0v) is 17.5. The van der Waals surface area contributed by atoms with Gasteiger partial charge in [-0.25, -0.2) is 4.90 Å². The molecule has 0 spiro atoms. The van der Waals surface area contributed by atoms with Crippen LogP contribution in [-0.4, -0.2) is 45.7 Å². The van der Waals surface area contributed by atoms with Crippen LogP contribution in [0.1, 0.15) is 18.4 Å². The minimum Gasteiger partial charge on any atom is -0.494 e. The van der Waals surface area contributed by atoms with Gasteiger partial charge in [0.1, 0.15) is 12.3 Å². The van der Waals surface area contributed by atoms with Gasteiger partial charge < -0.3 is 9.26 Å². The number of nitrogens with zero attached hydrogens (tertiary/aromatic N) is 6. The van der Waals surface area contributed by atoms with Crippen LogP contribution in [0.3, 0.4) is 0 Å². The molecule has 1 aromatic heterocycles. The monoisotopic (exact) mass is 432 g/mol. The summed E-state index contributed by atoms with van der Waals surface area (Å²) in [6.07, 6.45) is 0. The molecule has 5 rings (SSSR count). The van der Waals surface area contributed by atoms with Crippen molar-refractivity contribution in [2.45, 2.75) is 32.5 Å². The number of hydrogen-bond donors (Lipinski definition) is 0. The molecule has 2 aromatic carbocycles. The summed E-state index contributed by atoms with van der Waals surface area (Å²) in [5, 5.41) is 13.5. The summed E-state index contributed by atoms with van der Waals surface area (Å²) in [7, 11) is 0. The van der Waals surface area contributed by atoms with Crippen LogP contribution in [0.5, 0.6) is 5.75 Å². The number of fused-ring (bicyclic) bond motifs is 1. The van der Waals surface area contributed by atoms with Crippen molar-refractivity contribution in [3.05, 3.63) is 60.0 Å². The van der Waals surface area contributed by atoms with E-state index in [4.69, 9.17) is 9.26 Å². The summed E-state index contributed by atoms with van der Waals surface area (Å²) in [6, 6.07) is 12.8. The van der Waals surface area contributed by atoms with Gasteiger partial charge in [0.15, 0.2) is 12.1 Å². The maximum atomic E-state index is 13.1. The van der Waals surface area contributed by atoms with Crippen LogP contribution in [0, 0.1) is 6.92 Å². The Morgan fingerprint density at radius 2 is 1.78 bits per heavy atom. The molecule has 0 N–H and O–H groups in total. The summed E-state index contributed by atoms with van der Waals surface area (Å²) >= 11 is 0. The van der Waals surface area contributed by atoms with Crippen molar-refractivity contribution >= 4 is 17.5 Å². The van der Waals surface area contributed by atoms with E-state index in [1.807, 2.05) is 38.1 Å². The molecule has 1 saturated heterocycles. The van der Waals surface area contributed by atoms with Crippen molar-refractivity contribution < 1.29 is 18.8 Å². The molecule has 0 unspecified atom stereocenters. The predicted octanol–water partition coefficient (Wildman–Crippen LogP) is 2.94. The van der Waals surface area contributed by atoms with Gasteiger partial charge >= 0.3 is 0 Å². The van der Waals surface area contributed by atoms with E-state index in [0.29, 0.717) is 23.9 Å². The van der Waals surface area contributed by atoms with Crippen LogP contribution < -0.4 is 9.64 Å². The largest absolute Gasteiger partial charge is 0.494 e. The maximum Gasteiger partial charge on any atom is 0.263 e. The number of carbonyl (C=O) groups excluding carboxylic acids is 2. The number of hydrogen-bond acceptors (Lipinski definition) is 9. The number of aryl methyl sites for hydroxylation is 1. The number of benzene rings is 2. The Morgan fingerprint density at radius 3 is 2.50 bits per heavy atom. The highest BCUT2D eigenvalue weighted by Crippen LogP contribution is 2.33. The summed E-state index contributed by atoms with van der Waals surface area (Å²) in [5.41, 5.74) is 2.41. The van der Waals surface area contributed by atoms with E-state index in [2.05, 4.69) is 20.5 Å². The molecule has 0 bridgehead atoms. The number of ether oxygens (including phenoxy) is 1. The number of carbonyl (C=O) groups is 2. The van der Waals surface area contributed by atoms with E-state index in [0.717, 1.165) is 16.0 Å². The van der Waals surface area contributed by atoms with Gasteiger partial charge in [-0.15, -0.1) is 0 Å². The summed E-state index contributed by atoms with van der Waals surface area (Å²) in [4.78, 5) is 31.5. The zero-order chi connectivity index (χ0) is 22.2. The topological polar surface area (TPSA) is 113 Å². The normalized spacial score (nSPS) is 19.7. The highest BCUT2D eigenvalue weighted by Gasteiger charge is 2.55. The third-order valence-corrected chi connectivity index (χ3v) is 5.34. The third kappa shape index (κ3) is 3.39. The standard InChI is InChI=1S/C22H20N6O4/c1-3-31-16-10-8-15(9-11-16)28-21(29)18-19(22(28)30)27(26-24-18)12-17-23-20(25-32-17)14-6-4-13(2)5-7-14/h4-11,18-19H,3,12H2,1-2H3/t18-,19-/m1/s1. The van der Waals surface area contributed by atoms with Gasteiger partial charge in [-0.05, 0) is 38.1 Å². The van der Waals surface area contributed by atoms with Crippen LogP contribution in [-0.2, 0) is 16.1 Å². The minimum absolute atomic E-state index is 0.0691. The van der Waals surface area contributed by atoms with Crippen molar-refractivity contribution in [1.29, 1.82) is 0 Å². The number of amides is 2. The first-order chi connectivity index (χ1) is 15.5. The molecule has 3 heterocycles. The molecule has 10 nitrogen and oxygen atoms in total. The van der Waals surface area contributed by atoms with Crippen molar-refractivity contribution in [2.75, 3.05) is 11.5 Å². The van der Waals surface area contributed by atoms with Crippen LogP contribution >= 0.6 is 0 Å². The molecule has 32 heavy (non-hydrogen) atoms. The van der Waals surface area contributed by atoms with Gasteiger partial charge in [-0.1, -0.05) is 40.2 Å². The lowest BCUT2D eigenvalue weighted by Crippen LogP contribution is -2.39. The van der Waals surface area contributed by atoms with Gasteiger partial charge in [0.2, 0.25) is 11.7 Å². The fourth-order valence-corrected chi connectivity index (χ4v) is 3.74. The molecule has 10 heteroatoms. The summed E-state index contributed by atoms with van der Waals surface area (Å²) in [6.45, 7) is 4.48. The molecule has 162 valence electrons. The fraction of sp³-hybridized carbons (Fsp3) is 0.273. The van der Waals surface area contributed by atoms with E-state index in [-0.39, 0.29) is 12.4 Å². The van der Waals surface area contributed by atoms with Crippen molar-refractivity contribution in [3.8, 4) is 17.1 Å². The molecule has 0 radical (unpaired) electrons. The lowest BCUT2D eigenvalue weighted by molar-refractivity contribution is -0.123. The molecule has 2 atom stereocenters. The van der Waals surface area contributed by atoms with E-state index in [1.54, 1.807) is 24.3 Å². The van der Waals surface area contributed by atoms with E-state index in [1.165, 1.54) is 5.01 Å². The molecule has 2 aliphatic rings. The van der Waals surface area contributed by atoms with Gasteiger partial charge in [0.05, 0.1) is 12.3 Å². The molecule has 3 aromatic rings. The molecule has 2 aliphatic heterocycles. The minimum atomic E-state index is -0.895. The molecule has 2 amide bonds. The second kappa shape index (κ2) is 7.88. The molecule has 1 fully saturated rings. The lowest BCUT2D eigenvalue weighted by Gasteiger charge is -2.19. The molecule has 0 aliphatic carbocycles. The number of anilines is 1. The number of rotatable bonds is 6. The van der Waals surface area contributed by atoms with E-state index >= 15 is 0 Å². The fourth-order valence-electron chi connectivity index (χ4n) is 3.74. The zero-order valence-electron chi connectivity index (χ0n) is 17.5. The van der Waals surface area contributed by atoms with E-state index < -0.39 is 23.9 Å². The number of imide groups is 1. The first-order valence-corrected chi connectivity index (χ1v) is 10.2. The van der Waals surface area contributed by atoms with Crippen LogP contribution in [0.4, 0.5) is 5.69 Å². The van der Waals surface area contributed by atoms with Gasteiger partial charge in [0, 0.05) is 5.56 Å². The average molecular weight is 432 g/mol. The van der Waals surface area contributed by atoms with Crippen LogP contribution in [0.15, 0.2) is 63.4 Å². The van der Waals surface area contributed by atoms with Crippen molar-refractivity contribution in [3.63, 3.8) is 0 Å². The second-order valence-corrected chi connectivity index (χ2v) is 7.51. The SMILES string of the molecule is CCOc1ccc(N2C(=O)[C@@H]3N=NN(Cc4nc(-c5ccc(C)cc5)no4)[C@H]3C2=O)cc1. The molecular weight excluding hydrogens is 412 g/mol. The Morgan fingerprint density at radius 1 is 1.03 bits per heavy atom. The molecular formula is C22H20N6O4. The highest BCUT2D eigenvalue weighted by molar-refractivity contribution is 6.25. The Kier molecular flexibility index (Phi) is 4.89. The Hall–Kier alpha value is -4.08. The van der Waals surface area contributed by atoms with Gasteiger partial charge in [0.25, 0.3) is 11.8 Å². The van der Waals surface area contributed by atoms with Gasteiger partial charge in [-0.3, -0.25) is 14.6 Å². The second-order valence-electron chi connectivity index (χ2n) is 7.51. The Bertz CT molecular complexity index is 1190. The van der Waals surface area contributed by atoms with Crippen molar-refractivity contribution in [1.82, 2.24) is 15.1 Å². The quantitative estimate of drug-likeness (QED) is 0.550. The van der Waals surface area contributed by atoms with E-state index in [9.17, 15) is 9.59 Å². The third-order valence-electron chi connectivity index (χ3n) is 5.34. The lowest BCUT2D eigenvalue weighted by atomic mass is 10.1. The summed E-state index contributed by atoms with van der Waals surface area (Å²) in [5.74, 6) is 0.573.